The van der Waals surface area contributed by atoms with E-state index in [9.17, 15) is 9.90 Å². The van der Waals surface area contributed by atoms with Gasteiger partial charge in [0.15, 0.2) is 0 Å². The van der Waals surface area contributed by atoms with E-state index in [-0.39, 0.29) is 17.2 Å². The minimum absolute atomic E-state index is 0.0125. The first-order valence-electron chi connectivity index (χ1n) is 7.32. The Hall–Kier alpha value is -2.60. The van der Waals surface area contributed by atoms with Gasteiger partial charge < -0.3 is 20.1 Å². The molecule has 0 atom stereocenters. The van der Waals surface area contributed by atoms with Crippen molar-refractivity contribution in [2.24, 2.45) is 0 Å². The number of ether oxygens (including phenoxy) is 1. The summed E-state index contributed by atoms with van der Waals surface area (Å²) in [5.41, 5.74) is 1.25. The van der Waals surface area contributed by atoms with Crippen LogP contribution in [0.1, 0.15) is 15.9 Å². The molecule has 1 fully saturated rings. The van der Waals surface area contributed by atoms with Crippen molar-refractivity contribution in [3.05, 3.63) is 54.6 Å². The Labute approximate surface area is 134 Å². The van der Waals surface area contributed by atoms with Crippen molar-refractivity contribution >= 4 is 17.4 Å². The van der Waals surface area contributed by atoms with Crippen LogP contribution in [0.2, 0.25) is 0 Å². The highest BCUT2D eigenvalue weighted by atomic mass is 16.5. The van der Waals surface area contributed by atoms with E-state index < -0.39 is 0 Å². The van der Waals surface area contributed by atoms with Gasteiger partial charge in [0.2, 0.25) is 0 Å². The molecule has 1 amide bonds. The predicted molar refractivity (Wildman–Crippen MR) is 86.7 cm³/mol. The van der Waals surface area contributed by atoms with Gasteiger partial charge in [0, 0.05) is 43.0 Å². The molecule has 1 aromatic heterocycles. The van der Waals surface area contributed by atoms with Crippen LogP contribution in [0.4, 0.5) is 11.5 Å². The van der Waals surface area contributed by atoms with Crippen molar-refractivity contribution in [2.45, 2.75) is 0 Å². The Morgan fingerprint density at radius 3 is 2.78 bits per heavy atom. The molecular formula is C17H17N3O3. The summed E-state index contributed by atoms with van der Waals surface area (Å²) in [6.45, 7) is 8.46. The number of amides is 1. The Morgan fingerprint density at radius 2 is 2.04 bits per heavy atom. The summed E-state index contributed by atoms with van der Waals surface area (Å²) < 4.78 is 5.32. The minimum atomic E-state index is -0.257. The highest BCUT2D eigenvalue weighted by molar-refractivity contribution is 6.04. The summed E-state index contributed by atoms with van der Waals surface area (Å²) >= 11 is 0. The van der Waals surface area contributed by atoms with Gasteiger partial charge in [-0.15, -0.1) is 0 Å². The highest BCUT2D eigenvalue weighted by Gasteiger charge is 2.15. The van der Waals surface area contributed by atoms with Crippen molar-refractivity contribution in [2.75, 3.05) is 36.5 Å². The van der Waals surface area contributed by atoms with E-state index in [0.717, 1.165) is 18.9 Å². The maximum Gasteiger partial charge on any atom is 0.255 e. The molecule has 1 aliphatic heterocycles. The van der Waals surface area contributed by atoms with Gasteiger partial charge in [-0.2, -0.15) is 0 Å². The Kier molecular flexibility index (Phi) is 4.43. The Bertz CT molecular complexity index is 712. The number of carbonyl (C=O) groups is 1. The fourth-order valence-corrected chi connectivity index (χ4v) is 2.36. The predicted octanol–water partition coefficient (Wildman–Crippen LogP) is 1.94. The van der Waals surface area contributed by atoms with Crippen LogP contribution in [-0.2, 0) is 4.74 Å². The number of aromatic nitrogens is 1. The number of morpholine rings is 1. The molecule has 2 radical (unpaired) electrons. The van der Waals surface area contributed by atoms with E-state index >= 15 is 0 Å². The molecule has 0 spiro atoms. The van der Waals surface area contributed by atoms with Crippen LogP contribution >= 0.6 is 0 Å². The molecular weight excluding hydrogens is 294 g/mol. The second-order valence-corrected chi connectivity index (χ2v) is 5.23. The summed E-state index contributed by atoms with van der Waals surface area (Å²) in [5, 5.41) is 12.2. The Morgan fingerprint density at radius 1 is 1.26 bits per heavy atom. The summed E-state index contributed by atoms with van der Waals surface area (Å²) in [7, 11) is 0. The first-order chi connectivity index (χ1) is 11.1. The van der Waals surface area contributed by atoms with Crippen molar-refractivity contribution in [1.82, 2.24) is 4.98 Å². The van der Waals surface area contributed by atoms with E-state index in [4.69, 9.17) is 11.7 Å². The van der Waals surface area contributed by atoms with E-state index in [1.807, 2.05) is 0 Å². The molecule has 1 aromatic carbocycles. The molecule has 2 aromatic rings. The molecule has 0 aliphatic carbocycles. The zero-order valence-electron chi connectivity index (χ0n) is 12.5. The summed E-state index contributed by atoms with van der Waals surface area (Å²) in [4.78, 5) is 18.8. The van der Waals surface area contributed by atoms with Crippen molar-refractivity contribution in [1.29, 1.82) is 0 Å². The van der Waals surface area contributed by atoms with E-state index in [2.05, 4.69) is 15.2 Å². The standard InChI is InChI=1S/C17H17N3O3/c1-12-10-14(2-3-15(12)21)19-17(22)13-4-5-18-16(11-13)20-6-8-23-9-7-20/h1-5,10-11,21H,6-9H2,(H,19,22). The molecule has 6 nitrogen and oxygen atoms in total. The number of hydrogen-bond acceptors (Lipinski definition) is 5. The maximum absolute atomic E-state index is 12.4. The average Bonchev–Trinajstić information content (AvgIpc) is 2.59. The number of aromatic hydroxyl groups is 1. The number of pyridine rings is 1. The van der Waals surface area contributed by atoms with Crippen LogP contribution in [0.5, 0.6) is 5.75 Å². The van der Waals surface area contributed by atoms with Gasteiger partial charge in [-0.3, -0.25) is 4.79 Å². The van der Waals surface area contributed by atoms with Crippen LogP contribution in [-0.4, -0.2) is 42.3 Å². The maximum atomic E-state index is 12.4. The summed E-state index contributed by atoms with van der Waals surface area (Å²) in [6.07, 6.45) is 1.62. The highest BCUT2D eigenvalue weighted by Crippen LogP contribution is 2.21. The molecule has 0 saturated carbocycles. The van der Waals surface area contributed by atoms with Gasteiger partial charge in [-0.05, 0) is 30.3 Å². The second-order valence-electron chi connectivity index (χ2n) is 5.23. The number of carbonyl (C=O) groups excluding carboxylic acids is 1. The first-order valence-corrected chi connectivity index (χ1v) is 7.32. The van der Waals surface area contributed by atoms with Gasteiger partial charge >= 0.3 is 0 Å². The number of anilines is 2. The smallest absolute Gasteiger partial charge is 0.255 e. The number of benzene rings is 1. The fourth-order valence-electron chi connectivity index (χ4n) is 2.36. The van der Waals surface area contributed by atoms with Crippen LogP contribution in [0.25, 0.3) is 0 Å². The van der Waals surface area contributed by atoms with Crippen LogP contribution in [0.3, 0.4) is 0 Å². The van der Waals surface area contributed by atoms with Gasteiger partial charge in [-0.1, -0.05) is 0 Å². The molecule has 0 bridgehead atoms. The summed E-state index contributed by atoms with van der Waals surface area (Å²) in [5.74, 6) is 0.486. The minimum Gasteiger partial charge on any atom is -0.508 e. The fraction of sp³-hybridized carbons (Fsp3) is 0.235. The third-order valence-corrected chi connectivity index (χ3v) is 3.63. The molecule has 1 aliphatic rings. The monoisotopic (exact) mass is 311 g/mol. The van der Waals surface area contributed by atoms with Crippen LogP contribution < -0.4 is 10.2 Å². The lowest BCUT2D eigenvalue weighted by Gasteiger charge is -2.27. The number of nitrogens with one attached hydrogen (secondary N) is 1. The normalized spacial score (nSPS) is 14.6. The molecule has 118 valence electrons. The molecule has 2 N–H and O–H groups in total. The second kappa shape index (κ2) is 6.66. The summed E-state index contributed by atoms with van der Waals surface area (Å²) in [6, 6.07) is 7.95. The van der Waals surface area contributed by atoms with E-state index in [1.165, 1.54) is 12.1 Å². The quantitative estimate of drug-likeness (QED) is 0.847. The average molecular weight is 311 g/mol. The number of phenols is 1. The van der Waals surface area contributed by atoms with Crippen molar-refractivity contribution < 1.29 is 14.6 Å². The van der Waals surface area contributed by atoms with Gasteiger partial charge in [-0.25, -0.2) is 4.98 Å². The third kappa shape index (κ3) is 3.60. The van der Waals surface area contributed by atoms with Gasteiger partial charge in [0.1, 0.15) is 11.6 Å². The van der Waals surface area contributed by atoms with Crippen LogP contribution in [0.15, 0.2) is 36.5 Å². The number of rotatable bonds is 3. The lowest BCUT2D eigenvalue weighted by atomic mass is 10.2. The van der Waals surface area contributed by atoms with Gasteiger partial charge in [0.05, 0.1) is 13.2 Å². The molecule has 6 heteroatoms. The zero-order valence-corrected chi connectivity index (χ0v) is 12.5. The lowest BCUT2D eigenvalue weighted by molar-refractivity contribution is 0.102. The molecule has 3 rings (SSSR count). The third-order valence-electron chi connectivity index (χ3n) is 3.63. The number of nitrogens with zero attached hydrogens (tertiary/aromatic N) is 2. The van der Waals surface area contributed by atoms with E-state index in [1.54, 1.807) is 24.4 Å². The zero-order chi connectivity index (χ0) is 16.2. The molecule has 1 saturated heterocycles. The number of phenolic OH excluding ortho intramolecular Hbond substituents is 1. The SMILES string of the molecule is [CH]c1cc(NC(=O)c2ccnc(N3CCOCC3)c2)ccc1O. The largest absolute Gasteiger partial charge is 0.508 e. The van der Waals surface area contributed by atoms with Crippen molar-refractivity contribution in [3.8, 4) is 5.75 Å². The van der Waals surface area contributed by atoms with E-state index in [0.29, 0.717) is 24.5 Å². The topological polar surface area (TPSA) is 74.7 Å². The molecule has 0 unspecified atom stereocenters. The Balaban J connectivity index is 1.75. The lowest BCUT2D eigenvalue weighted by Crippen LogP contribution is -2.36. The van der Waals surface area contributed by atoms with Crippen LogP contribution in [0, 0.1) is 6.92 Å². The van der Waals surface area contributed by atoms with Crippen molar-refractivity contribution in [3.63, 3.8) is 0 Å². The molecule has 23 heavy (non-hydrogen) atoms. The first kappa shape index (κ1) is 15.3. The molecule has 2 heterocycles. The van der Waals surface area contributed by atoms with Gasteiger partial charge in [0.25, 0.3) is 5.91 Å². The number of hydrogen-bond donors (Lipinski definition) is 2.